The number of rotatable bonds is 7. The van der Waals surface area contributed by atoms with E-state index in [0.29, 0.717) is 13.0 Å². The standard InChI is InChI=1S/C11H19NO2/c1-4-6-11(12-9-13)10(5-2)7-8-14-3/h6-7,9H,4-5,8H2,1-3H3,(H,12,13)/b10-7-,11-6+. The number of methoxy groups -OCH3 is 1. The molecule has 0 aromatic carbocycles. The van der Waals surface area contributed by atoms with Crippen molar-refractivity contribution in [3.8, 4) is 0 Å². The third-order valence-corrected chi connectivity index (χ3v) is 1.85. The van der Waals surface area contributed by atoms with E-state index in [4.69, 9.17) is 4.74 Å². The SMILES string of the molecule is CC/C=C(NC=O)\C(=C/COC)CC. The van der Waals surface area contributed by atoms with Gasteiger partial charge in [0, 0.05) is 12.8 Å². The molecule has 0 aliphatic carbocycles. The fourth-order valence-electron chi connectivity index (χ4n) is 1.18. The zero-order valence-corrected chi connectivity index (χ0v) is 9.17. The molecule has 0 fully saturated rings. The number of hydrogen-bond donors (Lipinski definition) is 1. The molecule has 3 nitrogen and oxygen atoms in total. The zero-order chi connectivity index (χ0) is 10.8. The average Bonchev–Trinajstić information content (AvgIpc) is 2.19. The Kier molecular flexibility index (Phi) is 7.84. The van der Waals surface area contributed by atoms with Crippen molar-refractivity contribution in [1.82, 2.24) is 5.32 Å². The van der Waals surface area contributed by atoms with Gasteiger partial charge in [0.25, 0.3) is 0 Å². The molecule has 0 unspecified atom stereocenters. The van der Waals surface area contributed by atoms with Gasteiger partial charge in [0.15, 0.2) is 0 Å². The molecule has 0 rings (SSSR count). The lowest BCUT2D eigenvalue weighted by Gasteiger charge is -2.08. The Morgan fingerprint density at radius 2 is 2.07 bits per heavy atom. The summed E-state index contributed by atoms with van der Waals surface area (Å²) in [5.41, 5.74) is 2.00. The second-order valence-corrected chi connectivity index (χ2v) is 2.83. The number of carbonyl (C=O) groups excluding carboxylic acids is 1. The highest BCUT2D eigenvalue weighted by molar-refractivity contribution is 5.53. The summed E-state index contributed by atoms with van der Waals surface area (Å²) in [6.07, 6.45) is 6.48. The van der Waals surface area contributed by atoms with E-state index in [1.54, 1.807) is 7.11 Å². The van der Waals surface area contributed by atoms with E-state index in [9.17, 15) is 4.79 Å². The van der Waals surface area contributed by atoms with Crippen LogP contribution in [0.1, 0.15) is 26.7 Å². The van der Waals surface area contributed by atoms with Crippen molar-refractivity contribution in [2.75, 3.05) is 13.7 Å². The predicted octanol–water partition coefficient (Wildman–Crippen LogP) is 2.01. The minimum absolute atomic E-state index is 0.574. The lowest BCUT2D eigenvalue weighted by Crippen LogP contribution is -2.12. The molecule has 3 heteroatoms. The maximum Gasteiger partial charge on any atom is 0.211 e. The number of carbonyl (C=O) groups is 1. The average molecular weight is 197 g/mol. The van der Waals surface area contributed by atoms with Crippen molar-refractivity contribution in [1.29, 1.82) is 0 Å². The fraction of sp³-hybridized carbons (Fsp3) is 0.545. The molecule has 0 aromatic heterocycles. The molecule has 0 bridgehead atoms. The Bertz CT molecular complexity index is 219. The highest BCUT2D eigenvalue weighted by Crippen LogP contribution is 2.11. The van der Waals surface area contributed by atoms with Gasteiger partial charge in [-0.2, -0.15) is 0 Å². The van der Waals surface area contributed by atoms with Crippen LogP contribution in [-0.2, 0) is 9.53 Å². The van der Waals surface area contributed by atoms with Crippen molar-refractivity contribution in [3.05, 3.63) is 23.4 Å². The molecule has 0 radical (unpaired) electrons. The topological polar surface area (TPSA) is 38.3 Å². The van der Waals surface area contributed by atoms with Crippen molar-refractivity contribution in [3.63, 3.8) is 0 Å². The summed E-state index contributed by atoms with van der Waals surface area (Å²) in [5.74, 6) is 0. The van der Waals surface area contributed by atoms with E-state index in [1.165, 1.54) is 0 Å². The fourth-order valence-corrected chi connectivity index (χ4v) is 1.18. The lowest BCUT2D eigenvalue weighted by molar-refractivity contribution is -0.108. The van der Waals surface area contributed by atoms with Gasteiger partial charge in [-0.15, -0.1) is 0 Å². The van der Waals surface area contributed by atoms with Gasteiger partial charge in [-0.05, 0) is 18.4 Å². The summed E-state index contributed by atoms with van der Waals surface area (Å²) in [5, 5.41) is 2.70. The molecular weight excluding hydrogens is 178 g/mol. The third kappa shape index (κ3) is 4.82. The first-order chi connectivity index (χ1) is 6.79. The minimum atomic E-state index is 0.574. The van der Waals surface area contributed by atoms with E-state index < -0.39 is 0 Å². The van der Waals surface area contributed by atoms with Crippen LogP contribution in [0.5, 0.6) is 0 Å². The first-order valence-electron chi connectivity index (χ1n) is 4.88. The van der Waals surface area contributed by atoms with Crippen molar-refractivity contribution >= 4 is 6.41 Å². The molecular formula is C11H19NO2. The maximum atomic E-state index is 10.4. The summed E-state index contributed by atoms with van der Waals surface area (Å²) in [4.78, 5) is 10.4. The van der Waals surface area contributed by atoms with Gasteiger partial charge in [-0.25, -0.2) is 0 Å². The second-order valence-electron chi connectivity index (χ2n) is 2.83. The van der Waals surface area contributed by atoms with Crippen LogP contribution >= 0.6 is 0 Å². The predicted molar refractivity (Wildman–Crippen MR) is 57.8 cm³/mol. The molecule has 1 N–H and O–H groups in total. The van der Waals surface area contributed by atoms with Gasteiger partial charge in [0.1, 0.15) is 0 Å². The number of allylic oxidation sites excluding steroid dienone is 2. The van der Waals surface area contributed by atoms with Crippen molar-refractivity contribution in [2.24, 2.45) is 0 Å². The molecule has 0 aromatic rings. The Morgan fingerprint density at radius 1 is 1.36 bits per heavy atom. The molecule has 0 atom stereocenters. The van der Waals surface area contributed by atoms with Crippen LogP contribution in [-0.4, -0.2) is 20.1 Å². The van der Waals surface area contributed by atoms with Gasteiger partial charge in [0.05, 0.1) is 6.61 Å². The molecule has 0 saturated carbocycles. The maximum absolute atomic E-state index is 10.4. The van der Waals surface area contributed by atoms with Gasteiger partial charge < -0.3 is 10.1 Å². The van der Waals surface area contributed by atoms with Gasteiger partial charge in [0.2, 0.25) is 6.41 Å². The normalized spacial score (nSPS) is 12.8. The summed E-state index contributed by atoms with van der Waals surface area (Å²) < 4.78 is 4.96. The Hall–Kier alpha value is -1.09. The minimum Gasteiger partial charge on any atom is -0.381 e. The number of hydrogen-bond acceptors (Lipinski definition) is 2. The van der Waals surface area contributed by atoms with Crippen molar-refractivity contribution < 1.29 is 9.53 Å². The monoisotopic (exact) mass is 197 g/mol. The van der Waals surface area contributed by atoms with Gasteiger partial charge in [-0.3, -0.25) is 4.79 Å². The number of amides is 1. The largest absolute Gasteiger partial charge is 0.381 e. The highest BCUT2D eigenvalue weighted by atomic mass is 16.5. The van der Waals surface area contributed by atoms with Crippen LogP contribution in [0.4, 0.5) is 0 Å². The van der Waals surface area contributed by atoms with Gasteiger partial charge >= 0.3 is 0 Å². The summed E-state index contributed by atoms with van der Waals surface area (Å²) in [6.45, 7) is 4.67. The lowest BCUT2D eigenvalue weighted by atomic mass is 10.1. The highest BCUT2D eigenvalue weighted by Gasteiger charge is 2.00. The Morgan fingerprint density at radius 3 is 2.50 bits per heavy atom. The van der Waals surface area contributed by atoms with Crippen LogP contribution < -0.4 is 5.32 Å². The van der Waals surface area contributed by atoms with Crippen LogP contribution in [0.3, 0.4) is 0 Å². The molecule has 0 heterocycles. The van der Waals surface area contributed by atoms with E-state index in [-0.39, 0.29) is 0 Å². The molecule has 14 heavy (non-hydrogen) atoms. The summed E-state index contributed by atoms with van der Waals surface area (Å²) in [6, 6.07) is 0. The first-order valence-corrected chi connectivity index (χ1v) is 4.88. The van der Waals surface area contributed by atoms with Crippen LogP contribution in [0.15, 0.2) is 23.4 Å². The second kappa shape index (κ2) is 8.51. The third-order valence-electron chi connectivity index (χ3n) is 1.85. The van der Waals surface area contributed by atoms with Crippen LogP contribution in [0.2, 0.25) is 0 Å². The molecule has 0 spiro atoms. The Labute approximate surface area is 85.8 Å². The van der Waals surface area contributed by atoms with E-state index in [1.807, 2.05) is 19.1 Å². The number of ether oxygens (including phenoxy) is 1. The van der Waals surface area contributed by atoms with Crippen LogP contribution in [0, 0.1) is 0 Å². The van der Waals surface area contributed by atoms with E-state index in [0.717, 1.165) is 24.1 Å². The summed E-state index contributed by atoms with van der Waals surface area (Å²) in [7, 11) is 1.65. The first kappa shape index (κ1) is 12.9. The van der Waals surface area contributed by atoms with E-state index >= 15 is 0 Å². The van der Waals surface area contributed by atoms with Crippen LogP contribution in [0.25, 0.3) is 0 Å². The molecule has 0 saturated heterocycles. The summed E-state index contributed by atoms with van der Waals surface area (Å²) >= 11 is 0. The Balaban J connectivity index is 4.57. The molecule has 1 amide bonds. The molecule has 0 aliphatic heterocycles. The smallest absolute Gasteiger partial charge is 0.211 e. The molecule has 80 valence electrons. The van der Waals surface area contributed by atoms with Crippen molar-refractivity contribution in [2.45, 2.75) is 26.7 Å². The quantitative estimate of drug-likeness (QED) is 0.501. The number of nitrogens with one attached hydrogen (secondary N) is 1. The molecule has 0 aliphatic rings. The van der Waals surface area contributed by atoms with E-state index in [2.05, 4.69) is 12.2 Å². The van der Waals surface area contributed by atoms with Gasteiger partial charge in [-0.1, -0.05) is 26.0 Å². The zero-order valence-electron chi connectivity index (χ0n) is 9.17.